The zero-order valence-electron chi connectivity index (χ0n) is 11.7. The van der Waals surface area contributed by atoms with Gasteiger partial charge < -0.3 is 5.32 Å². The molecule has 0 aliphatic carbocycles. The lowest BCUT2D eigenvalue weighted by molar-refractivity contribution is -0.117. The summed E-state index contributed by atoms with van der Waals surface area (Å²) in [5.41, 5.74) is 0.815. The summed E-state index contributed by atoms with van der Waals surface area (Å²) in [5.74, 6) is -0.375. The molecule has 0 spiro atoms. The van der Waals surface area contributed by atoms with Gasteiger partial charge in [-0.05, 0) is 37.1 Å². The average Bonchev–Trinajstić information content (AvgIpc) is 2.38. The van der Waals surface area contributed by atoms with E-state index in [1.54, 1.807) is 18.2 Å². The second-order valence-corrected chi connectivity index (χ2v) is 4.79. The minimum atomic E-state index is -0.272. The third-order valence-corrected chi connectivity index (χ3v) is 2.93. The van der Waals surface area contributed by atoms with Crippen LogP contribution in [-0.2, 0) is 4.79 Å². The van der Waals surface area contributed by atoms with Crippen LogP contribution in [0.1, 0.15) is 45.1 Å². The van der Waals surface area contributed by atoms with Gasteiger partial charge in [0, 0.05) is 12.1 Å². The molecule has 1 N–H and O–H groups in total. The van der Waals surface area contributed by atoms with Gasteiger partial charge in [0.05, 0.1) is 0 Å². The summed E-state index contributed by atoms with van der Waals surface area (Å²) in [6.45, 7) is 4.17. The smallest absolute Gasteiger partial charge is 0.244 e. The van der Waals surface area contributed by atoms with Crippen molar-refractivity contribution in [1.82, 2.24) is 5.32 Å². The fourth-order valence-electron chi connectivity index (χ4n) is 1.81. The lowest BCUT2D eigenvalue weighted by Gasteiger charge is -2.11. The first kappa shape index (κ1) is 15.4. The van der Waals surface area contributed by atoms with Crippen LogP contribution in [0.15, 0.2) is 30.3 Å². The highest BCUT2D eigenvalue weighted by atomic mass is 19.1. The van der Waals surface area contributed by atoms with E-state index in [1.807, 2.05) is 6.92 Å². The van der Waals surface area contributed by atoms with Crippen LogP contribution in [0.5, 0.6) is 0 Å². The highest BCUT2D eigenvalue weighted by Crippen LogP contribution is 2.05. The first-order chi connectivity index (χ1) is 9.11. The first-order valence-corrected chi connectivity index (χ1v) is 6.86. The maximum Gasteiger partial charge on any atom is 0.244 e. The number of hydrogen-bond acceptors (Lipinski definition) is 1. The molecule has 104 valence electrons. The predicted octanol–water partition coefficient (Wildman–Crippen LogP) is 3.92. The number of amides is 1. The van der Waals surface area contributed by atoms with Crippen LogP contribution >= 0.6 is 0 Å². The molecule has 0 radical (unpaired) electrons. The zero-order chi connectivity index (χ0) is 14.1. The van der Waals surface area contributed by atoms with Gasteiger partial charge in [0.15, 0.2) is 0 Å². The number of benzene rings is 1. The summed E-state index contributed by atoms with van der Waals surface area (Å²) in [6, 6.07) is 6.24. The van der Waals surface area contributed by atoms with Gasteiger partial charge in [-0.3, -0.25) is 4.79 Å². The summed E-state index contributed by atoms with van der Waals surface area (Å²) in [7, 11) is 0. The number of nitrogens with one attached hydrogen (secondary N) is 1. The van der Waals surface area contributed by atoms with Gasteiger partial charge in [-0.1, -0.05) is 38.3 Å². The molecule has 0 unspecified atom stereocenters. The lowest BCUT2D eigenvalue weighted by atomic mass is 10.1. The van der Waals surface area contributed by atoms with E-state index in [2.05, 4.69) is 12.2 Å². The molecule has 2 nitrogen and oxygen atoms in total. The molecule has 1 aromatic carbocycles. The number of unbranched alkanes of at least 4 members (excludes halogenated alkanes) is 2. The fraction of sp³-hybridized carbons (Fsp3) is 0.438. The van der Waals surface area contributed by atoms with E-state index < -0.39 is 0 Å². The van der Waals surface area contributed by atoms with Gasteiger partial charge in [0.2, 0.25) is 5.91 Å². The molecule has 0 aliphatic rings. The second-order valence-electron chi connectivity index (χ2n) is 4.79. The van der Waals surface area contributed by atoms with Crippen molar-refractivity contribution in [3.05, 3.63) is 41.7 Å². The molecule has 0 aromatic heterocycles. The van der Waals surface area contributed by atoms with Gasteiger partial charge in [-0.25, -0.2) is 4.39 Å². The highest BCUT2D eigenvalue weighted by molar-refractivity contribution is 5.91. The summed E-state index contributed by atoms with van der Waals surface area (Å²) in [6.07, 6.45) is 7.71. The SMILES string of the molecule is CCCCC[C@@H](C)NC(=O)/C=C/c1ccc(F)cc1. The molecule has 1 amide bonds. The van der Waals surface area contributed by atoms with Crippen molar-refractivity contribution in [2.75, 3.05) is 0 Å². The van der Waals surface area contributed by atoms with Gasteiger partial charge in [-0.2, -0.15) is 0 Å². The van der Waals surface area contributed by atoms with Gasteiger partial charge in [-0.15, -0.1) is 0 Å². The van der Waals surface area contributed by atoms with Gasteiger partial charge in [0.25, 0.3) is 0 Å². The second kappa shape index (κ2) is 8.46. The minimum absolute atomic E-state index is 0.103. The number of hydrogen-bond donors (Lipinski definition) is 1. The molecular formula is C16H22FNO. The number of carbonyl (C=O) groups is 1. The molecule has 0 bridgehead atoms. The van der Waals surface area contributed by atoms with Crippen molar-refractivity contribution in [2.24, 2.45) is 0 Å². The first-order valence-electron chi connectivity index (χ1n) is 6.86. The molecular weight excluding hydrogens is 241 g/mol. The number of rotatable bonds is 7. The largest absolute Gasteiger partial charge is 0.350 e. The van der Waals surface area contributed by atoms with Crippen molar-refractivity contribution in [2.45, 2.75) is 45.6 Å². The maximum absolute atomic E-state index is 12.7. The van der Waals surface area contributed by atoms with Crippen molar-refractivity contribution in [1.29, 1.82) is 0 Å². The Hall–Kier alpha value is -1.64. The Morgan fingerprint density at radius 1 is 1.32 bits per heavy atom. The molecule has 0 fully saturated rings. The molecule has 1 rings (SSSR count). The van der Waals surface area contributed by atoms with Gasteiger partial charge in [0.1, 0.15) is 5.82 Å². The topological polar surface area (TPSA) is 29.1 Å². The van der Waals surface area contributed by atoms with E-state index in [-0.39, 0.29) is 17.8 Å². The molecule has 0 heterocycles. The van der Waals surface area contributed by atoms with E-state index in [1.165, 1.54) is 31.1 Å². The molecule has 1 aromatic rings. The number of halogens is 1. The summed E-state index contributed by atoms with van der Waals surface area (Å²) < 4.78 is 12.7. The lowest BCUT2D eigenvalue weighted by Crippen LogP contribution is -2.30. The fourth-order valence-corrected chi connectivity index (χ4v) is 1.81. The molecule has 19 heavy (non-hydrogen) atoms. The van der Waals surface area contributed by atoms with Crippen LogP contribution in [0.4, 0.5) is 4.39 Å². The predicted molar refractivity (Wildman–Crippen MR) is 77.2 cm³/mol. The van der Waals surface area contributed by atoms with Crippen LogP contribution in [0, 0.1) is 5.82 Å². The Kier molecular flexibility index (Phi) is 6.86. The normalized spacial score (nSPS) is 12.6. The third kappa shape index (κ3) is 6.75. The minimum Gasteiger partial charge on any atom is -0.350 e. The van der Waals surface area contributed by atoms with E-state index in [9.17, 15) is 9.18 Å². The highest BCUT2D eigenvalue weighted by Gasteiger charge is 2.03. The average molecular weight is 263 g/mol. The standard InChI is InChI=1S/C16H22FNO/c1-3-4-5-6-13(2)18-16(19)12-9-14-7-10-15(17)11-8-14/h7-13H,3-6H2,1-2H3,(H,18,19)/b12-9+/t13-/m1/s1. The van der Waals surface area contributed by atoms with Crippen LogP contribution < -0.4 is 5.32 Å². The van der Waals surface area contributed by atoms with E-state index in [0.29, 0.717) is 0 Å². The Bertz CT molecular complexity index is 411. The summed E-state index contributed by atoms with van der Waals surface area (Å²) in [4.78, 5) is 11.7. The van der Waals surface area contributed by atoms with Gasteiger partial charge >= 0.3 is 0 Å². The Morgan fingerprint density at radius 2 is 2.00 bits per heavy atom. The molecule has 0 saturated carbocycles. The van der Waals surface area contributed by atoms with Crippen molar-refractivity contribution in [3.8, 4) is 0 Å². The molecule has 0 aliphatic heterocycles. The van der Waals surface area contributed by atoms with Crippen molar-refractivity contribution < 1.29 is 9.18 Å². The molecule has 0 saturated heterocycles. The van der Waals surface area contributed by atoms with Crippen molar-refractivity contribution >= 4 is 12.0 Å². The zero-order valence-corrected chi connectivity index (χ0v) is 11.7. The van der Waals surface area contributed by atoms with Crippen LogP contribution in [-0.4, -0.2) is 11.9 Å². The Balaban J connectivity index is 2.35. The Labute approximate surface area is 114 Å². The molecule has 3 heteroatoms. The quantitative estimate of drug-likeness (QED) is 0.586. The van der Waals surface area contributed by atoms with Crippen LogP contribution in [0.25, 0.3) is 6.08 Å². The Morgan fingerprint density at radius 3 is 2.63 bits per heavy atom. The third-order valence-electron chi connectivity index (χ3n) is 2.93. The van der Waals surface area contributed by atoms with Crippen LogP contribution in [0.2, 0.25) is 0 Å². The summed E-state index contributed by atoms with van der Waals surface area (Å²) in [5, 5.41) is 2.92. The van der Waals surface area contributed by atoms with E-state index in [4.69, 9.17) is 0 Å². The van der Waals surface area contributed by atoms with Crippen LogP contribution in [0.3, 0.4) is 0 Å². The van der Waals surface area contributed by atoms with Crippen molar-refractivity contribution in [3.63, 3.8) is 0 Å². The number of carbonyl (C=O) groups excluding carboxylic acids is 1. The monoisotopic (exact) mass is 263 g/mol. The van der Waals surface area contributed by atoms with E-state index in [0.717, 1.165) is 18.4 Å². The molecule has 1 atom stereocenters. The summed E-state index contributed by atoms with van der Waals surface area (Å²) >= 11 is 0. The maximum atomic E-state index is 12.7. The van der Waals surface area contributed by atoms with E-state index >= 15 is 0 Å².